The first-order chi connectivity index (χ1) is 10.8. The maximum Gasteiger partial charge on any atom is 0.224 e. The van der Waals surface area contributed by atoms with Crippen molar-refractivity contribution in [1.29, 1.82) is 0 Å². The Kier molecular flexibility index (Phi) is 6.20. The topological polar surface area (TPSA) is 32.3 Å². The van der Waals surface area contributed by atoms with Crippen LogP contribution in [0.4, 0.5) is 0 Å². The summed E-state index contributed by atoms with van der Waals surface area (Å²) in [5, 5.41) is 3.06. The summed E-state index contributed by atoms with van der Waals surface area (Å²) in [7, 11) is 1.88. The highest BCUT2D eigenvalue weighted by molar-refractivity contribution is 5.85. The molecule has 1 atom stereocenters. The molecule has 4 heteroatoms. The van der Waals surface area contributed by atoms with Gasteiger partial charge in [0.15, 0.2) is 0 Å². The second-order valence-corrected chi connectivity index (χ2v) is 5.77. The van der Waals surface area contributed by atoms with Gasteiger partial charge in [0.2, 0.25) is 5.91 Å². The van der Waals surface area contributed by atoms with Gasteiger partial charge in [-0.05, 0) is 30.2 Å². The monoisotopic (exact) mass is 330 g/mol. The van der Waals surface area contributed by atoms with Crippen molar-refractivity contribution in [1.82, 2.24) is 10.2 Å². The molecule has 0 spiro atoms. The zero-order chi connectivity index (χ0) is 15.4. The zero-order valence-electron chi connectivity index (χ0n) is 13.4. The predicted molar refractivity (Wildman–Crippen MR) is 95.7 cm³/mol. The fraction of sp³-hybridized carbons (Fsp3) is 0.316. The highest BCUT2D eigenvalue weighted by Crippen LogP contribution is 2.33. The molecule has 1 aliphatic heterocycles. The molecule has 0 bridgehead atoms. The van der Waals surface area contributed by atoms with Crippen LogP contribution in [0.5, 0.6) is 0 Å². The minimum atomic E-state index is 0. The van der Waals surface area contributed by atoms with Crippen LogP contribution in [0.2, 0.25) is 0 Å². The lowest BCUT2D eigenvalue weighted by molar-refractivity contribution is -0.134. The van der Waals surface area contributed by atoms with Crippen LogP contribution < -0.4 is 5.32 Å². The summed E-state index contributed by atoms with van der Waals surface area (Å²) in [6, 6.07) is 19.0. The molecule has 2 aromatic carbocycles. The number of fused-ring (bicyclic) bond motifs is 1. The number of benzene rings is 2. The van der Waals surface area contributed by atoms with Crippen LogP contribution in [0.15, 0.2) is 54.6 Å². The number of nitrogens with one attached hydrogen (secondary N) is 1. The summed E-state index contributed by atoms with van der Waals surface area (Å²) in [6.45, 7) is 1.43. The predicted octanol–water partition coefficient (Wildman–Crippen LogP) is 3.34. The van der Waals surface area contributed by atoms with E-state index in [1.165, 1.54) is 16.7 Å². The Balaban J connectivity index is 0.00000192. The van der Waals surface area contributed by atoms with Crippen LogP contribution in [0.3, 0.4) is 0 Å². The van der Waals surface area contributed by atoms with Gasteiger partial charge in [-0.2, -0.15) is 0 Å². The molecule has 1 unspecified atom stereocenters. The van der Waals surface area contributed by atoms with Gasteiger partial charge in [-0.15, -0.1) is 12.4 Å². The Morgan fingerprint density at radius 1 is 1.09 bits per heavy atom. The van der Waals surface area contributed by atoms with E-state index in [2.05, 4.69) is 41.7 Å². The fourth-order valence-electron chi connectivity index (χ4n) is 3.13. The molecule has 3 nitrogen and oxygen atoms in total. The maximum atomic E-state index is 12.6. The highest BCUT2D eigenvalue weighted by Gasteiger charge is 2.30. The van der Waals surface area contributed by atoms with E-state index in [1.807, 2.05) is 30.1 Å². The molecule has 0 radical (unpaired) electrons. The molecule has 0 fully saturated rings. The second-order valence-electron chi connectivity index (χ2n) is 5.77. The van der Waals surface area contributed by atoms with Crippen molar-refractivity contribution >= 4 is 18.3 Å². The third-order valence-electron chi connectivity index (χ3n) is 4.34. The van der Waals surface area contributed by atoms with Crippen LogP contribution in [-0.4, -0.2) is 24.4 Å². The molecule has 1 heterocycles. The van der Waals surface area contributed by atoms with Gasteiger partial charge in [-0.3, -0.25) is 4.79 Å². The van der Waals surface area contributed by atoms with Gasteiger partial charge in [-0.1, -0.05) is 54.6 Å². The average molecular weight is 331 g/mol. The lowest BCUT2D eigenvalue weighted by Crippen LogP contribution is -2.39. The smallest absolute Gasteiger partial charge is 0.224 e. The van der Waals surface area contributed by atoms with Gasteiger partial charge >= 0.3 is 0 Å². The van der Waals surface area contributed by atoms with Crippen molar-refractivity contribution in [2.24, 2.45) is 0 Å². The standard InChI is InChI=1S/C19H22N2O.ClH/c1-20-12-11-19(22)21-14-17-10-6-5-9-16(17)13-18(21)15-7-3-2-4-8-15;/h2-10,18,20H,11-14H2,1H3;1H. The zero-order valence-corrected chi connectivity index (χ0v) is 14.2. The molecular formula is C19H23ClN2O. The first-order valence-electron chi connectivity index (χ1n) is 7.85. The molecule has 3 rings (SSSR count). The number of carbonyl (C=O) groups excluding carboxylic acids is 1. The van der Waals surface area contributed by atoms with E-state index in [-0.39, 0.29) is 24.4 Å². The Bertz CT molecular complexity index is 645. The van der Waals surface area contributed by atoms with Crippen molar-refractivity contribution in [3.05, 3.63) is 71.3 Å². The van der Waals surface area contributed by atoms with E-state index in [1.54, 1.807) is 0 Å². The maximum absolute atomic E-state index is 12.6. The van der Waals surface area contributed by atoms with Crippen LogP contribution in [0, 0.1) is 0 Å². The van der Waals surface area contributed by atoms with E-state index in [4.69, 9.17) is 0 Å². The lowest BCUT2D eigenvalue weighted by Gasteiger charge is -2.37. The number of amides is 1. The van der Waals surface area contributed by atoms with Gasteiger partial charge in [0.1, 0.15) is 0 Å². The van der Waals surface area contributed by atoms with Gasteiger partial charge in [0, 0.05) is 19.5 Å². The van der Waals surface area contributed by atoms with Crippen molar-refractivity contribution < 1.29 is 4.79 Å². The van der Waals surface area contributed by atoms with E-state index < -0.39 is 0 Å². The van der Waals surface area contributed by atoms with Gasteiger partial charge in [-0.25, -0.2) is 0 Å². The third kappa shape index (κ3) is 3.92. The van der Waals surface area contributed by atoms with Crippen molar-refractivity contribution in [2.75, 3.05) is 13.6 Å². The largest absolute Gasteiger partial charge is 0.331 e. The number of carbonyl (C=O) groups is 1. The minimum absolute atomic E-state index is 0. The molecule has 1 amide bonds. The van der Waals surface area contributed by atoms with Crippen molar-refractivity contribution in [3.63, 3.8) is 0 Å². The summed E-state index contributed by atoms with van der Waals surface area (Å²) in [5.41, 5.74) is 3.84. The molecule has 23 heavy (non-hydrogen) atoms. The number of halogens is 1. The van der Waals surface area contributed by atoms with Crippen LogP contribution >= 0.6 is 12.4 Å². The van der Waals surface area contributed by atoms with Crippen molar-refractivity contribution in [2.45, 2.75) is 25.4 Å². The number of hydrogen-bond donors (Lipinski definition) is 1. The summed E-state index contributed by atoms with van der Waals surface area (Å²) >= 11 is 0. The Labute approximate surface area is 144 Å². The first kappa shape index (κ1) is 17.5. The van der Waals surface area contributed by atoms with Crippen LogP contribution in [0.25, 0.3) is 0 Å². The molecule has 2 aromatic rings. The lowest BCUT2D eigenvalue weighted by atomic mass is 9.89. The Morgan fingerprint density at radius 3 is 2.43 bits per heavy atom. The van der Waals surface area contributed by atoms with Crippen LogP contribution in [0.1, 0.15) is 29.2 Å². The summed E-state index contributed by atoms with van der Waals surface area (Å²) in [5.74, 6) is 0.220. The molecular weight excluding hydrogens is 308 g/mol. The molecule has 122 valence electrons. The van der Waals surface area contributed by atoms with Gasteiger partial charge in [0.05, 0.1) is 6.04 Å². The quantitative estimate of drug-likeness (QED) is 0.932. The van der Waals surface area contributed by atoms with Gasteiger partial charge in [0.25, 0.3) is 0 Å². The van der Waals surface area contributed by atoms with Crippen molar-refractivity contribution in [3.8, 4) is 0 Å². The SMILES string of the molecule is CNCCC(=O)N1Cc2ccccc2CC1c1ccccc1.Cl. The summed E-state index contributed by atoms with van der Waals surface area (Å²) in [4.78, 5) is 14.7. The highest BCUT2D eigenvalue weighted by atomic mass is 35.5. The van der Waals surface area contributed by atoms with E-state index in [0.717, 1.165) is 13.0 Å². The second kappa shape index (κ2) is 8.14. The summed E-state index contributed by atoms with van der Waals surface area (Å²) < 4.78 is 0. The number of hydrogen-bond acceptors (Lipinski definition) is 2. The minimum Gasteiger partial charge on any atom is -0.331 e. The number of nitrogens with zero attached hydrogens (tertiary/aromatic N) is 1. The molecule has 1 aliphatic rings. The molecule has 0 saturated heterocycles. The van der Waals surface area contributed by atoms with E-state index >= 15 is 0 Å². The van der Waals surface area contributed by atoms with Crippen LogP contribution in [-0.2, 0) is 17.8 Å². The average Bonchev–Trinajstić information content (AvgIpc) is 2.59. The fourth-order valence-corrected chi connectivity index (χ4v) is 3.13. The molecule has 0 saturated carbocycles. The first-order valence-corrected chi connectivity index (χ1v) is 7.85. The molecule has 0 aromatic heterocycles. The Morgan fingerprint density at radius 2 is 1.74 bits per heavy atom. The van der Waals surface area contributed by atoms with E-state index in [0.29, 0.717) is 13.0 Å². The third-order valence-corrected chi connectivity index (χ3v) is 4.34. The van der Waals surface area contributed by atoms with Gasteiger partial charge < -0.3 is 10.2 Å². The summed E-state index contributed by atoms with van der Waals surface area (Å²) in [6.07, 6.45) is 1.44. The Hall–Kier alpha value is -1.84. The normalized spacial score (nSPS) is 16.4. The van der Waals surface area contributed by atoms with E-state index in [9.17, 15) is 4.79 Å². The number of rotatable bonds is 4. The molecule has 1 N–H and O–H groups in total. The molecule has 0 aliphatic carbocycles.